The molecule has 0 saturated carbocycles. The molecule has 3 aliphatic rings. The molecule has 0 aliphatic carbocycles. The number of nitrogen functional groups attached to an aromatic ring is 1. The van der Waals surface area contributed by atoms with Gasteiger partial charge in [0.1, 0.15) is 52.5 Å². The van der Waals surface area contributed by atoms with Crippen LogP contribution in [0.2, 0.25) is 5.02 Å². The molecule has 9 nitrogen and oxygen atoms in total. The first-order chi connectivity index (χ1) is 22.6. The van der Waals surface area contributed by atoms with Crippen LogP contribution in [0.3, 0.4) is 0 Å². The number of rotatable bonds is 5. The summed E-state index contributed by atoms with van der Waals surface area (Å²) in [6.45, 7) is 5.24. The third-order valence-corrected chi connectivity index (χ3v) is 11.2. The van der Waals surface area contributed by atoms with Gasteiger partial charge in [-0.2, -0.15) is 10.5 Å². The summed E-state index contributed by atoms with van der Waals surface area (Å²) in [6, 6.07) is 7.13. The summed E-state index contributed by atoms with van der Waals surface area (Å²) >= 11 is 8.00. The molecule has 0 radical (unpaired) electrons. The molecular weight excluding hydrogens is 644 g/mol. The third kappa shape index (κ3) is 5.10. The first kappa shape index (κ1) is 31.6. The Balaban J connectivity index is 1.53. The van der Waals surface area contributed by atoms with Crippen molar-refractivity contribution < 1.29 is 18.3 Å². The molecule has 5 heterocycles. The SMILES string of the molecule is C[C@H](Oc1nc2c(F)c(-c3ccc(F)c4sc(N)c(C#N)c34)c(Cl)c3c2c(c1C#N)N(C1CCCN(C)C1)CCO3)[C@@H]1CCCN1C. The molecular formula is C34H34ClF2N7O2S. The van der Waals surface area contributed by atoms with Crippen LogP contribution in [0.5, 0.6) is 11.6 Å². The number of likely N-dealkylation sites (tertiary alicyclic amines) is 2. The van der Waals surface area contributed by atoms with Gasteiger partial charge in [-0.1, -0.05) is 17.7 Å². The number of nitrogens with zero attached hydrogens (tertiary/aromatic N) is 6. The van der Waals surface area contributed by atoms with E-state index < -0.39 is 11.6 Å². The zero-order chi connectivity index (χ0) is 33.1. The zero-order valence-electron chi connectivity index (χ0n) is 26.4. The topological polar surface area (TPSA) is 115 Å². The quantitative estimate of drug-likeness (QED) is 0.252. The lowest BCUT2D eigenvalue weighted by Gasteiger charge is -2.39. The van der Waals surface area contributed by atoms with Crippen LogP contribution in [0.15, 0.2) is 12.1 Å². The van der Waals surface area contributed by atoms with Crippen molar-refractivity contribution in [3.63, 3.8) is 0 Å². The molecule has 0 amide bonds. The lowest BCUT2D eigenvalue weighted by molar-refractivity contribution is 0.117. The number of hydrogen-bond acceptors (Lipinski definition) is 10. The fourth-order valence-corrected chi connectivity index (χ4v) is 8.90. The van der Waals surface area contributed by atoms with E-state index >= 15 is 8.78 Å². The summed E-state index contributed by atoms with van der Waals surface area (Å²) < 4.78 is 45.3. The summed E-state index contributed by atoms with van der Waals surface area (Å²) in [5.41, 5.74) is 6.88. The van der Waals surface area contributed by atoms with E-state index in [-0.39, 0.29) is 84.3 Å². The Hall–Kier alpha value is -3.94. The lowest BCUT2D eigenvalue weighted by atomic mass is 9.95. The molecule has 2 aromatic carbocycles. The second-order valence-corrected chi connectivity index (χ2v) is 14.1. The van der Waals surface area contributed by atoms with Crippen LogP contribution in [-0.2, 0) is 0 Å². The van der Waals surface area contributed by atoms with Crippen molar-refractivity contribution in [3.05, 3.63) is 39.9 Å². The first-order valence-electron chi connectivity index (χ1n) is 15.8. The van der Waals surface area contributed by atoms with E-state index in [1.54, 1.807) is 0 Å². The number of likely N-dealkylation sites (N-methyl/N-ethyl adjacent to an activating group) is 2. The maximum absolute atomic E-state index is 17.3. The minimum atomic E-state index is -0.789. The van der Waals surface area contributed by atoms with Crippen LogP contribution >= 0.6 is 22.9 Å². The zero-order valence-corrected chi connectivity index (χ0v) is 27.9. The maximum Gasteiger partial charge on any atom is 0.234 e. The average Bonchev–Trinajstić information content (AvgIpc) is 3.57. The minimum absolute atomic E-state index is 0.0254. The second kappa shape index (κ2) is 12.3. The first-order valence-corrected chi connectivity index (χ1v) is 17.0. The normalized spacial score (nSPS) is 21.0. The highest BCUT2D eigenvalue weighted by molar-refractivity contribution is 7.23. The van der Waals surface area contributed by atoms with Crippen LogP contribution < -0.4 is 20.1 Å². The van der Waals surface area contributed by atoms with E-state index in [2.05, 4.69) is 27.8 Å². The second-order valence-electron chi connectivity index (χ2n) is 12.7. The molecule has 244 valence electrons. The molecule has 4 aromatic rings. The number of halogens is 3. The fourth-order valence-electron chi connectivity index (χ4n) is 7.62. The Morgan fingerprint density at radius 2 is 1.87 bits per heavy atom. The summed E-state index contributed by atoms with van der Waals surface area (Å²) in [4.78, 5) is 11.3. The highest BCUT2D eigenvalue weighted by atomic mass is 35.5. The van der Waals surface area contributed by atoms with Crippen molar-refractivity contribution in [3.8, 4) is 34.9 Å². The molecule has 3 aliphatic heterocycles. The van der Waals surface area contributed by atoms with E-state index in [1.807, 2.05) is 20.0 Å². The van der Waals surface area contributed by atoms with E-state index in [0.717, 1.165) is 56.7 Å². The van der Waals surface area contributed by atoms with Crippen molar-refractivity contribution in [2.75, 3.05) is 57.5 Å². The maximum atomic E-state index is 17.3. The van der Waals surface area contributed by atoms with Gasteiger partial charge in [0.15, 0.2) is 5.82 Å². The van der Waals surface area contributed by atoms with Crippen molar-refractivity contribution in [1.29, 1.82) is 10.5 Å². The third-order valence-electron chi connectivity index (χ3n) is 9.84. The van der Waals surface area contributed by atoms with E-state index in [4.69, 9.17) is 31.8 Å². The number of fused-ring (bicyclic) bond motifs is 1. The predicted molar refractivity (Wildman–Crippen MR) is 180 cm³/mol. The standard InChI is InChI=1S/C34H34ClF2N7O2S/c1-17(23-7-5-11-43(23)3)46-34-21(15-39)30-26-29(41-34)28(37)25(19-8-9-22(36)32-24(19)20(14-38)33(40)47-32)27(35)31(26)45-13-12-44(30)18-6-4-10-42(2)16-18/h8-9,17-18,23H,4-7,10-13,16,40H2,1-3H3/t17-,18?,23-/m0/s1. The van der Waals surface area contributed by atoms with E-state index in [0.29, 0.717) is 17.6 Å². The van der Waals surface area contributed by atoms with Crippen molar-refractivity contribution in [1.82, 2.24) is 14.8 Å². The van der Waals surface area contributed by atoms with Gasteiger partial charge in [0.05, 0.1) is 32.9 Å². The van der Waals surface area contributed by atoms with Gasteiger partial charge in [0.2, 0.25) is 5.88 Å². The molecule has 2 saturated heterocycles. The number of anilines is 2. The van der Waals surface area contributed by atoms with Crippen LogP contribution in [0.1, 0.15) is 43.7 Å². The van der Waals surface area contributed by atoms with Crippen LogP contribution in [0.4, 0.5) is 19.5 Å². The van der Waals surface area contributed by atoms with Gasteiger partial charge in [0.25, 0.3) is 0 Å². The van der Waals surface area contributed by atoms with Gasteiger partial charge in [-0.25, -0.2) is 13.8 Å². The molecule has 47 heavy (non-hydrogen) atoms. The summed E-state index contributed by atoms with van der Waals surface area (Å²) in [5.74, 6) is -1.15. The number of hydrogen-bond donors (Lipinski definition) is 1. The van der Waals surface area contributed by atoms with Gasteiger partial charge in [-0.3, -0.25) is 4.90 Å². The van der Waals surface area contributed by atoms with Gasteiger partial charge in [0, 0.05) is 29.6 Å². The number of pyridine rings is 1. The monoisotopic (exact) mass is 677 g/mol. The Morgan fingerprint density at radius 3 is 2.57 bits per heavy atom. The van der Waals surface area contributed by atoms with E-state index in [9.17, 15) is 10.5 Å². The van der Waals surface area contributed by atoms with E-state index in [1.165, 1.54) is 12.1 Å². The Bertz CT molecular complexity index is 2010. The van der Waals surface area contributed by atoms with Gasteiger partial charge in [-0.15, -0.1) is 11.3 Å². The number of thiophene rings is 1. The summed E-state index contributed by atoms with van der Waals surface area (Å²) in [6.07, 6.45) is 3.47. The Kier molecular flexibility index (Phi) is 8.25. The molecule has 0 bridgehead atoms. The number of nitrogens with two attached hydrogens (primary N) is 1. The lowest BCUT2D eigenvalue weighted by Crippen LogP contribution is -2.48. The molecule has 3 atom stereocenters. The molecule has 0 spiro atoms. The molecule has 2 fully saturated rings. The number of nitriles is 2. The largest absolute Gasteiger partial charge is 0.489 e. The molecule has 1 unspecified atom stereocenters. The number of piperidine rings is 1. The fraction of sp³-hybridized carbons (Fsp3) is 0.441. The van der Waals surface area contributed by atoms with Gasteiger partial charge in [-0.05, 0) is 71.4 Å². The van der Waals surface area contributed by atoms with Crippen LogP contribution in [0.25, 0.3) is 32.1 Å². The number of benzene rings is 2. The molecule has 7 rings (SSSR count). The molecule has 2 N–H and O–H groups in total. The summed E-state index contributed by atoms with van der Waals surface area (Å²) in [7, 11) is 4.11. The van der Waals surface area contributed by atoms with Gasteiger partial charge < -0.3 is 25.0 Å². The average molecular weight is 678 g/mol. The number of aromatic nitrogens is 1. The van der Waals surface area contributed by atoms with Crippen LogP contribution in [0, 0.1) is 34.3 Å². The molecule has 2 aromatic heterocycles. The van der Waals surface area contributed by atoms with Crippen LogP contribution in [-0.4, -0.2) is 79.9 Å². The van der Waals surface area contributed by atoms with Crippen molar-refractivity contribution in [2.45, 2.75) is 50.8 Å². The highest BCUT2D eigenvalue weighted by Gasteiger charge is 2.37. The molecule has 13 heteroatoms. The minimum Gasteiger partial charge on any atom is -0.489 e. The predicted octanol–water partition coefficient (Wildman–Crippen LogP) is 6.53. The highest BCUT2D eigenvalue weighted by Crippen LogP contribution is 2.52. The Morgan fingerprint density at radius 1 is 1.11 bits per heavy atom. The number of ether oxygens (including phenoxy) is 2. The van der Waals surface area contributed by atoms with Crippen molar-refractivity contribution >= 4 is 54.6 Å². The van der Waals surface area contributed by atoms with Crippen molar-refractivity contribution in [2.24, 2.45) is 0 Å². The smallest absolute Gasteiger partial charge is 0.234 e. The summed E-state index contributed by atoms with van der Waals surface area (Å²) in [5, 5.41) is 21.2. The Labute approximate surface area is 280 Å². The van der Waals surface area contributed by atoms with Gasteiger partial charge >= 0.3 is 0 Å².